The molecule has 1 N–H and O–H groups in total. The van der Waals surface area contributed by atoms with Gasteiger partial charge in [0.25, 0.3) is 0 Å². The van der Waals surface area contributed by atoms with Crippen LogP contribution in [0, 0.1) is 5.41 Å². The second-order valence-electron chi connectivity index (χ2n) is 5.21. The molecular formula is C15H25N. The Morgan fingerprint density at radius 1 is 1.19 bits per heavy atom. The lowest BCUT2D eigenvalue weighted by atomic mass is 9.79. The van der Waals surface area contributed by atoms with Gasteiger partial charge in [0.15, 0.2) is 0 Å². The number of benzene rings is 1. The number of aryl methyl sites for hydroxylation is 1. The maximum Gasteiger partial charge on any atom is 0.0118 e. The molecule has 90 valence electrons. The molecule has 0 aliphatic rings. The van der Waals surface area contributed by atoms with E-state index in [9.17, 15) is 0 Å². The molecule has 1 heteroatoms. The molecule has 0 aliphatic carbocycles. The number of hydrogen-bond donors (Lipinski definition) is 1. The van der Waals surface area contributed by atoms with Crippen molar-refractivity contribution in [1.82, 2.24) is 5.32 Å². The molecule has 1 atom stereocenters. The molecule has 0 radical (unpaired) electrons. The Balaban J connectivity index is 2.53. The molecule has 1 aromatic carbocycles. The molecule has 0 bridgehead atoms. The Morgan fingerprint density at radius 3 is 2.31 bits per heavy atom. The smallest absolute Gasteiger partial charge is 0.0118 e. The van der Waals surface area contributed by atoms with Crippen molar-refractivity contribution < 1.29 is 0 Å². The van der Waals surface area contributed by atoms with Crippen LogP contribution >= 0.6 is 0 Å². The van der Waals surface area contributed by atoms with Gasteiger partial charge in [-0.25, -0.2) is 0 Å². The van der Waals surface area contributed by atoms with Crippen molar-refractivity contribution >= 4 is 0 Å². The van der Waals surface area contributed by atoms with Crippen molar-refractivity contribution in [3.63, 3.8) is 0 Å². The predicted octanol–water partition coefficient (Wildman–Crippen LogP) is 3.64. The average molecular weight is 219 g/mol. The lowest BCUT2D eigenvalue weighted by Crippen LogP contribution is -2.39. The topological polar surface area (TPSA) is 12.0 Å². The van der Waals surface area contributed by atoms with E-state index in [1.165, 1.54) is 18.4 Å². The van der Waals surface area contributed by atoms with Crippen molar-refractivity contribution in [1.29, 1.82) is 0 Å². The van der Waals surface area contributed by atoms with Crippen molar-refractivity contribution in [3.05, 3.63) is 35.9 Å². The molecule has 0 heterocycles. The van der Waals surface area contributed by atoms with Crippen molar-refractivity contribution in [2.24, 2.45) is 5.41 Å². The highest BCUT2D eigenvalue weighted by Crippen LogP contribution is 2.27. The standard InChI is InChI=1S/C15H25N/c1-5-15(2,3)14(16-4)12-11-13-9-7-6-8-10-13/h6-10,14,16H,5,11-12H2,1-4H3. The van der Waals surface area contributed by atoms with Crippen LogP contribution in [-0.4, -0.2) is 13.1 Å². The van der Waals surface area contributed by atoms with Crippen LogP contribution in [0.4, 0.5) is 0 Å². The molecule has 16 heavy (non-hydrogen) atoms. The van der Waals surface area contributed by atoms with E-state index in [0.717, 1.165) is 6.42 Å². The van der Waals surface area contributed by atoms with Crippen LogP contribution in [0.5, 0.6) is 0 Å². The molecule has 1 aromatic rings. The third-order valence-electron chi connectivity index (χ3n) is 3.77. The van der Waals surface area contributed by atoms with E-state index < -0.39 is 0 Å². The fourth-order valence-corrected chi connectivity index (χ4v) is 2.13. The van der Waals surface area contributed by atoms with E-state index in [1.54, 1.807) is 0 Å². The summed E-state index contributed by atoms with van der Waals surface area (Å²) >= 11 is 0. The molecule has 0 amide bonds. The Kier molecular flexibility index (Phi) is 5.01. The quantitative estimate of drug-likeness (QED) is 0.770. The molecular weight excluding hydrogens is 194 g/mol. The zero-order valence-corrected chi connectivity index (χ0v) is 11.1. The van der Waals surface area contributed by atoms with Crippen LogP contribution < -0.4 is 5.32 Å². The second-order valence-corrected chi connectivity index (χ2v) is 5.21. The number of hydrogen-bond acceptors (Lipinski definition) is 1. The van der Waals surface area contributed by atoms with Gasteiger partial charge >= 0.3 is 0 Å². The maximum absolute atomic E-state index is 3.46. The van der Waals surface area contributed by atoms with E-state index in [4.69, 9.17) is 0 Å². The van der Waals surface area contributed by atoms with Crippen LogP contribution in [0.2, 0.25) is 0 Å². The SMILES string of the molecule is CCC(C)(C)C(CCc1ccccc1)NC. The van der Waals surface area contributed by atoms with E-state index in [1.807, 2.05) is 0 Å². The van der Waals surface area contributed by atoms with E-state index in [-0.39, 0.29) is 0 Å². The summed E-state index contributed by atoms with van der Waals surface area (Å²) in [5, 5.41) is 3.46. The highest BCUT2D eigenvalue weighted by atomic mass is 14.9. The average Bonchev–Trinajstić information content (AvgIpc) is 2.31. The Hall–Kier alpha value is -0.820. The summed E-state index contributed by atoms with van der Waals surface area (Å²) in [6, 6.07) is 11.3. The van der Waals surface area contributed by atoms with Crippen LogP contribution in [0.25, 0.3) is 0 Å². The van der Waals surface area contributed by atoms with Crippen LogP contribution in [0.3, 0.4) is 0 Å². The van der Waals surface area contributed by atoms with Gasteiger partial charge in [0.05, 0.1) is 0 Å². The first-order valence-corrected chi connectivity index (χ1v) is 6.31. The predicted molar refractivity (Wildman–Crippen MR) is 71.7 cm³/mol. The fraction of sp³-hybridized carbons (Fsp3) is 0.600. The van der Waals surface area contributed by atoms with Crippen LogP contribution in [0.15, 0.2) is 30.3 Å². The van der Waals surface area contributed by atoms with Gasteiger partial charge in [-0.3, -0.25) is 0 Å². The van der Waals surface area contributed by atoms with Gasteiger partial charge in [-0.1, -0.05) is 51.1 Å². The highest BCUT2D eigenvalue weighted by molar-refractivity contribution is 5.14. The lowest BCUT2D eigenvalue weighted by Gasteiger charge is -2.33. The maximum atomic E-state index is 3.46. The lowest BCUT2D eigenvalue weighted by molar-refractivity contribution is 0.231. The minimum absolute atomic E-state index is 0.379. The van der Waals surface area contributed by atoms with Crippen molar-refractivity contribution in [2.75, 3.05) is 7.05 Å². The summed E-state index contributed by atoms with van der Waals surface area (Å²) in [5.41, 5.74) is 1.82. The highest BCUT2D eigenvalue weighted by Gasteiger charge is 2.25. The molecule has 0 aromatic heterocycles. The minimum atomic E-state index is 0.379. The van der Waals surface area contributed by atoms with E-state index in [2.05, 4.69) is 63.5 Å². The minimum Gasteiger partial charge on any atom is -0.316 e. The molecule has 0 fully saturated rings. The summed E-state index contributed by atoms with van der Waals surface area (Å²) in [5.74, 6) is 0. The first kappa shape index (κ1) is 13.2. The summed E-state index contributed by atoms with van der Waals surface area (Å²) in [6.07, 6.45) is 3.59. The summed E-state index contributed by atoms with van der Waals surface area (Å²) in [4.78, 5) is 0. The molecule has 1 nitrogen and oxygen atoms in total. The van der Waals surface area contributed by atoms with E-state index in [0.29, 0.717) is 11.5 Å². The summed E-state index contributed by atoms with van der Waals surface area (Å²) in [7, 11) is 2.08. The third kappa shape index (κ3) is 3.64. The van der Waals surface area contributed by atoms with Gasteiger partial charge in [-0.05, 0) is 37.3 Å². The molecule has 0 saturated carbocycles. The zero-order chi connectivity index (χ0) is 12.0. The first-order valence-electron chi connectivity index (χ1n) is 6.31. The second kappa shape index (κ2) is 6.05. The summed E-state index contributed by atoms with van der Waals surface area (Å²) in [6.45, 7) is 6.96. The normalized spacial score (nSPS) is 13.8. The summed E-state index contributed by atoms with van der Waals surface area (Å²) < 4.78 is 0. The first-order chi connectivity index (χ1) is 7.60. The Labute approximate surface area is 100 Å². The number of nitrogens with one attached hydrogen (secondary N) is 1. The molecule has 1 unspecified atom stereocenters. The zero-order valence-electron chi connectivity index (χ0n) is 11.1. The van der Waals surface area contributed by atoms with Gasteiger partial charge in [0, 0.05) is 6.04 Å². The van der Waals surface area contributed by atoms with Crippen molar-refractivity contribution in [2.45, 2.75) is 46.1 Å². The third-order valence-corrected chi connectivity index (χ3v) is 3.77. The van der Waals surface area contributed by atoms with Gasteiger partial charge in [-0.2, -0.15) is 0 Å². The fourth-order valence-electron chi connectivity index (χ4n) is 2.13. The van der Waals surface area contributed by atoms with Crippen LogP contribution in [0.1, 0.15) is 39.2 Å². The van der Waals surface area contributed by atoms with E-state index >= 15 is 0 Å². The number of rotatable bonds is 6. The molecule has 0 aliphatic heterocycles. The molecule has 0 spiro atoms. The molecule has 1 rings (SSSR count). The largest absolute Gasteiger partial charge is 0.316 e. The van der Waals surface area contributed by atoms with Gasteiger partial charge in [-0.15, -0.1) is 0 Å². The Bertz CT molecular complexity index is 290. The van der Waals surface area contributed by atoms with Crippen LogP contribution in [-0.2, 0) is 6.42 Å². The van der Waals surface area contributed by atoms with Gasteiger partial charge < -0.3 is 5.32 Å². The monoisotopic (exact) mass is 219 g/mol. The molecule has 0 saturated heterocycles. The van der Waals surface area contributed by atoms with Gasteiger partial charge in [0.1, 0.15) is 0 Å². The Morgan fingerprint density at radius 2 is 1.81 bits per heavy atom. The van der Waals surface area contributed by atoms with Gasteiger partial charge in [0.2, 0.25) is 0 Å². The van der Waals surface area contributed by atoms with Crippen molar-refractivity contribution in [3.8, 4) is 0 Å².